The minimum atomic E-state index is -0.115. The number of carbonyl (C=O) groups excluding carboxylic acids is 1. The molecule has 0 bridgehead atoms. The number of aromatic nitrogens is 1. The van der Waals surface area contributed by atoms with Gasteiger partial charge in [0.25, 0.3) is 5.91 Å². The third-order valence-electron chi connectivity index (χ3n) is 3.82. The van der Waals surface area contributed by atoms with Crippen molar-refractivity contribution in [2.75, 3.05) is 20.6 Å². The van der Waals surface area contributed by atoms with Crippen molar-refractivity contribution >= 4 is 21.8 Å². The van der Waals surface area contributed by atoms with Crippen molar-refractivity contribution < 1.29 is 4.79 Å². The van der Waals surface area contributed by atoms with Gasteiger partial charge in [0.1, 0.15) is 0 Å². The molecule has 2 rings (SSSR count). The highest BCUT2D eigenvalue weighted by molar-refractivity contribution is 9.10. The molecular formula is C18H22BrN3O. The van der Waals surface area contributed by atoms with Gasteiger partial charge in [-0.15, -0.1) is 0 Å². The first-order chi connectivity index (χ1) is 11.0. The van der Waals surface area contributed by atoms with Crippen molar-refractivity contribution in [3.63, 3.8) is 0 Å². The van der Waals surface area contributed by atoms with Gasteiger partial charge in [0.15, 0.2) is 0 Å². The van der Waals surface area contributed by atoms with Crippen LogP contribution in [0.5, 0.6) is 0 Å². The normalized spacial score (nSPS) is 12.2. The molecule has 0 saturated heterocycles. The average molecular weight is 376 g/mol. The van der Waals surface area contributed by atoms with E-state index in [2.05, 4.69) is 62.3 Å². The minimum Gasteiger partial charge on any atom is -0.350 e. The number of aryl methyl sites for hydroxylation is 1. The Bertz CT molecular complexity index is 656. The first-order valence-electron chi connectivity index (χ1n) is 7.65. The molecule has 0 aliphatic rings. The molecule has 1 aromatic heterocycles. The Morgan fingerprint density at radius 1 is 1.26 bits per heavy atom. The first-order valence-corrected chi connectivity index (χ1v) is 8.44. The molecule has 23 heavy (non-hydrogen) atoms. The van der Waals surface area contributed by atoms with E-state index in [1.807, 2.05) is 14.1 Å². The summed E-state index contributed by atoms with van der Waals surface area (Å²) < 4.78 is 0.796. The fourth-order valence-electron chi connectivity index (χ4n) is 2.40. The largest absolute Gasteiger partial charge is 0.350 e. The molecule has 4 nitrogen and oxygen atoms in total. The lowest BCUT2D eigenvalue weighted by atomic mass is 10.0. The molecule has 0 aliphatic heterocycles. The molecule has 1 unspecified atom stereocenters. The molecule has 1 heterocycles. The molecule has 0 radical (unpaired) electrons. The van der Waals surface area contributed by atoms with Crippen molar-refractivity contribution in [2.24, 2.45) is 0 Å². The maximum atomic E-state index is 12.3. The van der Waals surface area contributed by atoms with E-state index in [0.717, 1.165) is 10.9 Å². The number of halogens is 1. The maximum Gasteiger partial charge on any atom is 0.252 e. The van der Waals surface area contributed by atoms with Gasteiger partial charge >= 0.3 is 0 Å². The number of amides is 1. The fraction of sp³-hybridized carbons (Fsp3) is 0.333. The first kappa shape index (κ1) is 17.6. The lowest BCUT2D eigenvalue weighted by Crippen LogP contribution is -2.34. The average Bonchev–Trinajstić information content (AvgIpc) is 2.55. The predicted molar refractivity (Wildman–Crippen MR) is 96.5 cm³/mol. The van der Waals surface area contributed by atoms with Crippen molar-refractivity contribution in [3.05, 3.63) is 63.9 Å². The van der Waals surface area contributed by atoms with E-state index < -0.39 is 0 Å². The highest BCUT2D eigenvalue weighted by atomic mass is 79.9. The summed E-state index contributed by atoms with van der Waals surface area (Å²) in [6.45, 7) is 2.69. The maximum absolute atomic E-state index is 12.3. The Labute approximate surface area is 146 Å². The van der Waals surface area contributed by atoms with E-state index in [9.17, 15) is 4.79 Å². The molecule has 1 atom stereocenters. The van der Waals surface area contributed by atoms with Crippen molar-refractivity contribution in [2.45, 2.75) is 19.4 Å². The van der Waals surface area contributed by atoms with Gasteiger partial charge in [0.2, 0.25) is 0 Å². The van der Waals surface area contributed by atoms with Crippen LogP contribution in [0.1, 0.15) is 34.5 Å². The Morgan fingerprint density at radius 2 is 1.96 bits per heavy atom. The standard InChI is InChI=1S/C18H22BrN3O/c1-4-13-5-7-14(8-6-13)17(22(2)3)12-21-18(23)15-9-16(19)11-20-10-15/h5-11,17H,4,12H2,1-3H3,(H,21,23). The third-order valence-corrected chi connectivity index (χ3v) is 4.25. The van der Waals surface area contributed by atoms with E-state index in [4.69, 9.17) is 0 Å². The third kappa shape index (κ3) is 4.88. The molecule has 1 aromatic carbocycles. The Kier molecular flexibility index (Phi) is 6.30. The molecule has 122 valence electrons. The summed E-state index contributed by atoms with van der Waals surface area (Å²) in [4.78, 5) is 18.4. The molecule has 2 aromatic rings. The second kappa shape index (κ2) is 8.22. The second-order valence-electron chi connectivity index (χ2n) is 5.68. The monoisotopic (exact) mass is 375 g/mol. The van der Waals surface area contributed by atoms with Gasteiger partial charge < -0.3 is 10.2 Å². The van der Waals surface area contributed by atoms with E-state index in [0.29, 0.717) is 12.1 Å². The molecule has 1 N–H and O–H groups in total. The van der Waals surface area contributed by atoms with Crippen molar-refractivity contribution in [1.82, 2.24) is 15.2 Å². The van der Waals surface area contributed by atoms with E-state index >= 15 is 0 Å². The van der Waals surface area contributed by atoms with E-state index in [1.54, 1.807) is 18.5 Å². The topological polar surface area (TPSA) is 45.2 Å². The van der Waals surface area contributed by atoms with Crippen LogP contribution in [0, 0.1) is 0 Å². The molecule has 0 saturated carbocycles. The van der Waals surface area contributed by atoms with Crippen molar-refractivity contribution in [1.29, 1.82) is 0 Å². The van der Waals surface area contributed by atoms with Crippen LogP contribution in [0.3, 0.4) is 0 Å². The van der Waals surface area contributed by atoms with E-state index in [1.165, 1.54) is 11.1 Å². The van der Waals surface area contributed by atoms with Gasteiger partial charge in [-0.05, 0) is 53.6 Å². The summed E-state index contributed by atoms with van der Waals surface area (Å²) in [6.07, 6.45) is 4.26. The molecule has 1 amide bonds. The molecule has 0 spiro atoms. The van der Waals surface area contributed by atoms with E-state index in [-0.39, 0.29) is 11.9 Å². The van der Waals surface area contributed by atoms with Gasteiger partial charge in [0.05, 0.1) is 11.6 Å². The summed E-state index contributed by atoms with van der Waals surface area (Å²) in [5.74, 6) is -0.115. The number of benzene rings is 1. The Hall–Kier alpha value is -1.72. The number of likely N-dealkylation sites (N-methyl/N-ethyl adjacent to an activating group) is 1. The number of nitrogens with zero attached hydrogens (tertiary/aromatic N) is 2. The quantitative estimate of drug-likeness (QED) is 0.840. The number of nitrogens with one attached hydrogen (secondary N) is 1. The number of carbonyl (C=O) groups is 1. The summed E-state index contributed by atoms with van der Waals surface area (Å²) in [7, 11) is 4.04. The van der Waals surface area contributed by atoms with Gasteiger partial charge in [-0.3, -0.25) is 9.78 Å². The summed E-state index contributed by atoms with van der Waals surface area (Å²) in [5.41, 5.74) is 3.06. The number of pyridine rings is 1. The van der Waals surface area contributed by atoms with Crippen LogP contribution in [-0.2, 0) is 6.42 Å². The lowest BCUT2D eigenvalue weighted by molar-refractivity contribution is 0.0941. The highest BCUT2D eigenvalue weighted by Gasteiger charge is 2.16. The van der Waals surface area contributed by atoms with Crippen LogP contribution in [0.25, 0.3) is 0 Å². The summed E-state index contributed by atoms with van der Waals surface area (Å²) >= 11 is 3.33. The SMILES string of the molecule is CCc1ccc(C(CNC(=O)c2cncc(Br)c2)N(C)C)cc1. The second-order valence-corrected chi connectivity index (χ2v) is 6.59. The molecule has 0 fully saturated rings. The van der Waals surface area contributed by atoms with Gasteiger partial charge in [-0.1, -0.05) is 31.2 Å². The molecule has 5 heteroatoms. The molecule has 0 aliphatic carbocycles. The van der Waals surface area contributed by atoms with Crippen LogP contribution in [0.4, 0.5) is 0 Å². The van der Waals surface area contributed by atoms with Crippen LogP contribution in [-0.4, -0.2) is 36.4 Å². The van der Waals surface area contributed by atoms with Crippen LogP contribution in [0.15, 0.2) is 47.2 Å². The summed E-state index contributed by atoms with van der Waals surface area (Å²) in [5, 5.41) is 2.99. The molecular weight excluding hydrogens is 354 g/mol. The Morgan fingerprint density at radius 3 is 2.52 bits per heavy atom. The number of hydrogen-bond acceptors (Lipinski definition) is 3. The highest BCUT2D eigenvalue weighted by Crippen LogP contribution is 2.18. The number of hydrogen-bond donors (Lipinski definition) is 1. The number of rotatable bonds is 6. The minimum absolute atomic E-state index is 0.115. The van der Waals surface area contributed by atoms with Crippen LogP contribution >= 0.6 is 15.9 Å². The zero-order valence-electron chi connectivity index (χ0n) is 13.7. The predicted octanol–water partition coefficient (Wildman–Crippen LogP) is 3.44. The van der Waals surface area contributed by atoms with Crippen molar-refractivity contribution in [3.8, 4) is 0 Å². The zero-order chi connectivity index (χ0) is 16.8. The van der Waals surface area contributed by atoms with Crippen LogP contribution in [0.2, 0.25) is 0 Å². The van der Waals surface area contributed by atoms with Gasteiger partial charge in [0, 0.05) is 23.4 Å². The summed E-state index contributed by atoms with van der Waals surface area (Å²) in [6, 6.07) is 10.5. The van der Waals surface area contributed by atoms with Gasteiger partial charge in [-0.2, -0.15) is 0 Å². The lowest BCUT2D eigenvalue weighted by Gasteiger charge is -2.25. The smallest absolute Gasteiger partial charge is 0.252 e. The fourth-order valence-corrected chi connectivity index (χ4v) is 2.77. The van der Waals surface area contributed by atoms with Crippen LogP contribution < -0.4 is 5.32 Å². The Balaban J connectivity index is 2.06. The zero-order valence-corrected chi connectivity index (χ0v) is 15.3. The van der Waals surface area contributed by atoms with Gasteiger partial charge in [-0.25, -0.2) is 0 Å².